The van der Waals surface area contributed by atoms with Gasteiger partial charge in [-0.05, 0) is 18.2 Å². The Balaban J connectivity index is 1.68. The van der Waals surface area contributed by atoms with Crippen molar-refractivity contribution in [1.82, 2.24) is 15.1 Å². The molecule has 0 atom stereocenters. The number of amides is 2. The van der Waals surface area contributed by atoms with E-state index in [2.05, 4.69) is 15.5 Å². The van der Waals surface area contributed by atoms with Gasteiger partial charge in [-0.2, -0.15) is 5.10 Å². The van der Waals surface area contributed by atoms with Gasteiger partial charge in [0.05, 0.1) is 34.8 Å². The number of benzene rings is 2. The summed E-state index contributed by atoms with van der Waals surface area (Å²) in [7, 11) is 1.53. The topological polar surface area (TPSA) is 95.2 Å². The van der Waals surface area contributed by atoms with E-state index in [9.17, 15) is 14.4 Å². The highest BCUT2D eigenvalue weighted by atomic mass is 35.5. The molecule has 0 aliphatic carbocycles. The van der Waals surface area contributed by atoms with Crippen molar-refractivity contribution >= 4 is 39.9 Å². The van der Waals surface area contributed by atoms with E-state index in [-0.39, 0.29) is 30.3 Å². The minimum absolute atomic E-state index is 0.0346. The van der Waals surface area contributed by atoms with E-state index < -0.39 is 0 Å². The highest BCUT2D eigenvalue weighted by molar-refractivity contribution is 6.33. The summed E-state index contributed by atoms with van der Waals surface area (Å²) in [6.45, 7) is -0.134. The maximum atomic E-state index is 12.5. The van der Waals surface area contributed by atoms with Crippen LogP contribution in [0.15, 0.2) is 53.3 Å². The second-order valence-electron chi connectivity index (χ2n) is 6.00. The predicted molar refractivity (Wildman–Crippen MR) is 104 cm³/mol. The number of fused-ring (bicyclic) bond motifs is 1. The first-order chi connectivity index (χ1) is 13.0. The quantitative estimate of drug-likeness (QED) is 0.705. The Hall–Kier alpha value is -3.19. The third-order valence-corrected chi connectivity index (χ3v) is 4.38. The molecule has 0 saturated heterocycles. The zero-order valence-electron chi connectivity index (χ0n) is 14.5. The molecule has 0 aliphatic rings. The smallest absolute Gasteiger partial charge is 0.272 e. The van der Waals surface area contributed by atoms with Gasteiger partial charge in [0.2, 0.25) is 11.8 Å². The normalized spacial score (nSPS) is 10.6. The number of hydrogen-bond acceptors (Lipinski definition) is 4. The van der Waals surface area contributed by atoms with Crippen LogP contribution in [-0.2, 0) is 16.0 Å². The van der Waals surface area contributed by atoms with Crippen LogP contribution in [0.3, 0.4) is 0 Å². The van der Waals surface area contributed by atoms with Crippen molar-refractivity contribution in [3.05, 3.63) is 69.6 Å². The van der Waals surface area contributed by atoms with Gasteiger partial charge in [0.1, 0.15) is 0 Å². The number of rotatable bonds is 5. The first-order valence-corrected chi connectivity index (χ1v) is 8.58. The van der Waals surface area contributed by atoms with Crippen molar-refractivity contribution in [2.24, 2.45) is 0 Å². The maximum absolute atomic E-state index is 12.5. The molecule has 8 heteroatoms. The number of nitrogens with zero attached hydrogens (tertiary/aromatic N) is 2. The molecule has 7 nitrogen and oxygen atoms in total. The van der Waals surface area contributed by atoms with Crippen LogP contribution >= 0.6 is 11.6 Å². The Labute approximate surface area is 160 Å². The number of carbonyl (C=O) groups is 2. The van der Waals surface area contributed by atoms with Crippen LogP contribution in [0.25, 0.3) is 10.8 Å². The average molecular weight is 385 g/mol. The summed E-state index contributed by atoms with van der Waals surface area (Å²) in [6, 6.07) is 13.8. The monoisotopic (exact) mass is 384 g/mol. The summed E-state index contributed by atoms with van der Waals surface area (Å²) in [5.41, 5.74) is 0.626. The van der Waals surface area contributed by atoms with Gasteiger partial charge >= 0.3 is 0 Å². The maximum Gasteiger partial charge on any atom is 0.272 e. The molecule has 0 aliphatic heterocycles. The average Bonchev–Trinajstić information content (AvgIpc) is 2.66. The van der Waals surface area contributed by atoms with Crippen LogP contribution in [0.1, 0.15) is 5.69 Å². The molecule has 138 valence electrons. The van der Waals surface area contributed by atoms with Crippen molar-refractivity contribution in [1.29, 1.82) is 0 Å². The molecule has 1 aromatic heterocycles. The molecule has 1 heterocycles. The van der Waals surface area contributed by atoms with Gasteiger partial charge in [0.15, 0.2) is 0 Å². The zero-order chi connectivity index (χ0) is 19.4. The molecule has 0 bridgehead atoms. The molecule has 3 aromatic rings. The molecule has 0 unspecified atom stereocenters. The van der Waals surface area contributed by atoms with E-state index in [0.29, 0.717) is 27.2 Å². The number of aromatic nitrogens is 2. The lowest BCUT2D eigenvalue weighted by molar-refractivity contribution is -0.132. The standard InChI is InChI=1S/C19H17ClN4O3/c1-24(11-17(25)21-15-9-5-4-8-14(15)20)18(26)10-16-12-6-2-3-7-13(12)19(27)23-22-16/h2-9H,10-11H2,1H3,(H,21,25)(H,23,27). The Morgan fingerprint density at radius 3 is 2.52 bits per heavy atom. The fourth-order valence-electron chi connectivity index (χ4n) is 2.64. The highest BCUT2D eigenvalue weighted by Gasteiger charge is 2.17. The van der Waals surface area contributed by atoms with Crippen LogP contribution in [0.5, 0.6) is 0 Å². The second kappa shape index (κ2) is 8.01. The number of carbonyl (C=O) groups excluding carboxylic acids is 2. The molecule has 0 saturated carbocycles. The number of likely N-dealkylation sites (N-methyl/N-ethyl adjacent to an activating group) is 1. The second-order valence-corrected chi connectivity index (χ2v) is 6.41. The fourth-order valence-corrected chi connectivity index (χ4v) is 2.82. The molecular weight excluding hydrogens is 368 g/mol. The first kappa shape index (κ1) is 18.6. The van der Waals surface area contributed by atoms with Crippen LogP contribution < -0.4 is 10.9 Å². The van der Waals surface area contributed by atoms with E-state index in [1.165, 1.54) is 11.9 Å². The van der Waals surface area contributed by atoms with E-state index in [1.807, 2.05) is 0 Å². The van der Waals surface area contributed by atoms with Gasteiger partial charge in [-0.15, -0.1) is 0 Å². The van der Waals surface area contributed by atoms with Crippen molar-refractivity contribution in [2.45, 2.75) is 6.42 Å². The van der Waals surface area contributed by atoms with Crippen LogP contribution in [0.2, 0.25) is 5.02 Å². The SMILES string of the molecule is CN(CC(=O)Nc1ccccc1Cl)C(=O)Cc1n[nH]c(=O)c2ccccc12. The summed E-state index contributed by atoms with van der Waals surface area (Å²) in [5.74, 6) is -0.660. The molecule has 0 spiro atoms. The molecule has 2 amide bonds. The number of para-hydroxylation sites is 1. The summed E-state index contributed by atoms with van der Waals surface area (Å²) in [6.07, 6.45) is -0.0346. The molecule has 0 radical (unpaired) electrons. The minimum Gasteiger partial charge on any atom is -0.336 e. The predicted octanol–water partition coefficient (Wildman–Crippen LogP) is 2.22. The number of hydrogen-bond donors (Lipinski definition) is 2. The van der Waals surface area contributed by atoms with Gasteiger partial charge in [-0.25, -0.2) is 5.10 Å². The van der Waals surface area contributed by atoms with E-state index in [0.717, 1.165) is 0 Å². The lowest BCUT2D eigenvalue weighted by atomic mass is 10.1. The summed E-state index contributed by atoms with van der Waals surface area (Å²) < 4.78 is 0. The molecule has 27 heavy (non-hydrogen) atoms. The van der Waals surface area contributed by atoms with Gasteiger partial charge < -0.3 is 10.2 Å². The third-order valence-electron chi connectivity index (χ3n) is 4.05. The summed E-state index contributed by atoms with van der Waals surface area (Å²) in [4.78, 5) is 37.8. The highest BCUT2D eigenvalue weighted by Crippen LogP contribution is 2.20. The third kappa shape index (κ3) is 4.32. The Morgan fingerprint density at radius 2 is 1.78 bits per heavy atom. The molecule has 3 rings (SSSR count). The summed E-state index contributed by atoms with van der Waals surface area (Å²) in [5, 5.41) is 10.6. The Kier molecular flexibility index (Phi) is 5.52. The van der Waals surface area contributed by atoms with Crippen LogP contribution in [0, 0.1) is 0 Å². The van der Waals surface area contributed by atoms with Crippen molar-refractivity contribution in [3.63, 3.8) is 0 Å². The fraction of sp³-hybridized carbons (Fsp3) is 0.158. The number of anilines is 1. The lowest BCUT2D eigenvalue weighted by Crippen LogP contribution is -2.36. The van der Waals surface area contributed by atoms with E-state index >= 15 is 0 Å². The molecule has 2 aromatic carbocycles. The first-order valence-electron chi connectivity index (χ1n) is 8.20. The number of halogens is 1. The van der Waals surface area contributed by atoms with Gasteiger partial charge in [-0.3, -0.25) is 14.4 Å². The van der Waals surface area contributed by atoms with Crippen LogP contribution in [0.4, 0.5) is 5.69 Å². The van der Waals surface area contributed by atoms with Crippen molar-refractivity contribution < 1.29 is 9.59 Å². The lowest BCUT2D eigenvalue weighted by Gasteiger charge is -2.17. The van der Waals surface area contributed by atoms with Gasteiger partial charge in [-0.1, -0.05) is 41.9 Å². The van der Waals surface area contributed by atoms with Crippen molar-refractivity contribution in [2.75, 3.05) is 18.9 Å². The van der Waals surface area contributed by atoms with Gasteiger partial charge in [0, 0.05) is 12.4 Å². The largest absolute Gasteiger partial charge is 0.336 e. The Morgan fingerprint density at radius 1 is 1.11 bits per heavy atom. The van der Waals surface area contributed by atoms with Crippen LogP contribution in [-0.4, -0.2) is 40.5 Å². The number of aromatic amines is 1. The Bertz CT molecular complexity index is 1060. The number of H-pyrrole nitrogens is 1. The zero-order valence-corrected chi connectivity index (χ0v) is 15.3. The molecule has 0 fully saturated rings. The minimum atomic E-state index is -0.363. The van der Waals surface area contributed by atoms with Gasteiger partial charge in [0.25, 0.3) is 5.56 Å². The summed E-state index contributed by atoms with van der Waals surface area (Å²) >= 11 is 6.01. The molecule has 2 N–H and O–H groups in total. The molecular formula is C19H17ClN4O3. The van der Waals surface area contributed by atoms with Crippen molar-refractivity contribution in [3.8, 4) is 0 Å². The van der Waals surface area contributed by atoms with E-state index in [4.69, 9.17) is 11.6 Å². The van der Waals surface area contributed by atoms with E-state index in [1.54, 1.807) is 48.5 Å². The number of nitrogens with one attached hydrogen (secondary N) is 2.